The zero-order valence-corrected chi connectivity index (χ0v) is 6.99. The van der Waals surface area contributed by atoms with Gasteiger partial charge < -0.3 is 11.1 Å². The molecule has 1 aliphatic heterocycles. The summed E-state index contributed by atoms with van der Waals surface area (Å²) in [4.78, 5) is 11.0. The van der Waals surface area contributed by atoms with Crippen molar-refractivity contribution < 1.29 is 4.79 Å². The monoisotopic (exact) mass is 166 g/mol. The molecule has 0 aromatic rings. The summed E-state index contributed by atoms with van der Waals surface area (Å²) in [5, 5.41) is 2.96. The van der Waals surface area contributed by atoms with Crippen molar-refractivity contribution in [2.45, 2.75) is 31.3 Å². The van der Waals surface area contributed by atoms with Crippen LogP contribution in [0.15, 0.2) is 12.2 Å². The largest absolute Gasteiger partial charge is 0.349 e. The summed E-state index contributed by atoms with van der Waals surface area (Å²) in [5.41, 5.74) is 5.83. The van der Waals surface area contributed by atoms with E-state index in [0.29, 0.717) is 18.0 Å². The number of fused-ring (bicyclic) bond motifs is 1. The Morgan fingerprint density at radius 3 is 3.17 bits per heavy atom. The molecular formula is C9H14N2O. The fraction of sp³-hybridized carbons (Fsp3) is 0.667. The fourth-order valence-corrected chi connectivity index (χ4v) is 2.07. The van der Waals surface area contributed by atoms with Gasteiger partial charge in [-0.25, -0.2) is 0 Å². The van der Waals surface area contributed by atoms with Crippen molar-refractivity contribution in [2.24, 2.45) is 11.7 Å². The van der Waals surface area contributed by atoms with Gasteiger partial charge in [0.05, 0.1) is 0 Å². The minimum absolute atomic E-state index is 0.0479. The third-order valence-corrected chi connectivity index (χ3v) is 2.76. The van der Waals surface area contributed by atoms with Gasteiger partial charge in [0, 0.05) is 12.1 Å². The van der Waals surface area contributed by atoms with Gasteiger partial charge in [0.15, 0.2) is 0 Å². The summed E-state index contributed by atoms with van der Waals surface area (Å²) in [6.07, 6.45) is 6.71. The SMILES string of the molecule is NC1CCC2NC(=O)C=CC2C1. The average Bonchev–Trinajstić information content (AvgIpc) is 2.05. The number of nitrogens with two attached hydrogens (primary N) is 1. The van der Waals surface area contributed by atoms with Crippen molar-refractivity contribution in [3.63, 3.8) is 0 Å². The van der Waals surface area contributed by atoms with Gasteiger partial charge in [0.25, 0.3) is 0 Å². The molecule has 1 saturated carbocycles. The minimum atomic E-state index is 0.0479. The molecule has 1 fully saturated rings. The number of hydrogen-bond donors (Lipinski definition) is 2. The van der Waals surface area contributed by atoms with Gasteiger partial charge in [-0.15, -0.1) is 0 Å². The van der Waals surface area contributed by atoms with Crippen LogP contribution in [0.25, 0.3) is 0 Å². The Morgan fingerprint density at radius 2 is 2.33 bits per heavy atom. The summed E-state index contributed by atoms with van der Waals surface area (Å²) < 4.78 is 0. The lowest BCUT2D eigenvalue weighted by Gasteiger charge is -2.35. The number of nitrogens with one attached hydrogen (secondary N) is 1. The first-order valence-electron chi connectivity index (χ1n) is 4.50. The Bertz CT molecular complexity index is 225. The van der Waals surface area contributed by atoms with E-state index < -0.39 is 0 Å². The predicted molar refractivity (Wildman–Crippen MR) is 46.4 cm³/mol. The topological polar surface area (TPSA) is 55.1 Å². The molecule has 3 nitrogen and oxygen atoms in total. The molecule has 12 heavy (non-hydrogen) atoms. The number of hydrogen-bond acceptors (Lipinski definition) is 2. The van der Waals surface area contributed by atoms with E-state index in [9.17, 15) is 4.79 Å². The van der Waals surface area contributed by atoms with E-state index in [2.05, 4.69) is 5.32 Å². The van der Waals surface area contributed by atoms with E-state index in [1.54, 1.807) is 6.08 Å². The Kier molecular flexibility index (Phi) is 1.89. The summed E-state index contributed by atoms with van der Waals surface area (Å²) >= 11 is 0. The van der Waals surface area contributed by atoms with Crippen molar-refractivity contribution in [3.8, 4) is 0 Å². The van der Waals surface area contributed by atoms with Gasteiger partial charge in [-0.3, -0.25) is 4.79 Å². The Hall–Kier alpha value is -0.830. The maximum Gasteiger partial charge on any atom is 0.243 e. The Morgan fingerprint density at radius 1 is 1.50 bits per heavy atom. The van der Waals surface area contributed by atoms with Gasteiger partial charge in [-0.2, -0.15) is 0 Å². The van der Waals surface area contributed by atoms with Crippen molar-refractivity contribution in [2.75, 3.05) is 0 Å². The van der Waals surface area contributed by atoms with Crippen LogP contribution in [0.4, 0.5) is 0 Å². The molecule has 2 aliphatic rings. The standard InChI is InChI=1S/C9H14N2O/c10-7-2-3-8-6(5-7)1-4-9(12)11-8/h1,4,6-8H,2-3,5,10H2,(H,11,12). The van der Waals surface area contributed by atoms with E-state index in [4.69, 9.17) is 5.73 Å². The molecule has 66 valence electrons. The molecule has 1 aliphatic carbocycles. The minimum Gasteiger partial charge on any atom is -0.349 e. The molecule has 3 N–H and O–H groups in total. The molecule has 2 rings (SSSR count). The first kappa shape index (κ1) is 7.80. The first-order valence-corrected chi connectivity index (χ1v) is 4.50. The lowest BCUT2D eigenvalue weighted by atomic mass is 9.80. The van der Waals surface area contributed by atoms with E-state index in [0.717, 1.165) is 19.3 Å². The lowest BCUT2D eigenvalue weighted by Crippen LogP contribution is -2.47. The van der Waals surface area contributed by atoms with E-state index in [1.165, 1.54) is 0 Å². The van der Waals surface area contributed by atoms with Gasteiger partial charge in [0.2, 0.25) is 5.91 Å². The summed E-state index contributed by atoms with van der Waals surface area (Å²) in [7, 11) is 0. The van der Waals surface area contributed by atoms with Crippen molar-refractivity contribution in [1.29, 1.82) is 0 Å². The maximum absolute atomic E-state index is 11.0. The van der Waals surface area contributed by atoms with Crippen LogP contribution < -0.4 is 11.1 Å². The normalized spacial score (nSPS) is 40.4. The molecule has 3 heteroatoms. The average molecular weight is 166 g/mol. The predicted octanol–water partition coefficient (Wildman–Crippen LogP) is 0.168. The molecule has 1 heterocycles. The fourth-order valence-electron chi connectivity index (χ4n) is 2.07. The Balaban J connectivity index is 2.09. The van der Waals surface area contributed by atoms with Crippen LogP contribution in [0.1, 0.15) is 19.3 Å². The summed E-state index contributed by atoms with van der Waals surface area (Å²) in [6.45, 7) is 0. The third-order valence-electron chi connectivity index (χ3n) is 2.76. The van der Waals surface area contributed by atoms with Crippen LogP contribution in [0.3, 0.4) is 0 Å². The van der Waals surface area contributed by atoms with Crippen molar-refractivity contribution >= 4 is 5.91 Å². The van der Waals surface area contributed by atoms with Crippen molar-refractivity contribution in [3.05, 3.63) is 12.2 Å². The lowest BCUT2D eigenvalue weighted by molar-refractivity contribution is -0.118. The molecule has 0 spiro atoms. The first-order chi connectivity index (χ1) is 5.75. The highest BCUT2D eigenvalue weighted by Gasteiger charge is 2.30. The quantitative estimate of drug-likeness (QED) is 0.539. The van der Waals surface area contributed by atoms with Crippen LogP contribution >= 0.6 is 0 Å². The molecule has 0 aromatic carbocycles. The summed E-state index contributed by atoms with van der Waals surface area (Å²) in [6, 6.07) is 0.674. The molecule has 1 amide bonds. The van der Waals surface area contributed by atoms with Crippen molar-refractivity contribution in [1.82, 2.24) is 5.32 Å². The van der Waals surface area contributed by atoms with E-state index in [-0.39, 0.29) is 5.91 Å². The third kappa shape index (κ3) is 1.37. The van der Waals surface area contributed by atoms with Crippen LogP contribution in [0, 0.1) is 5.92 Å². The van der Waals surface area contributed by atoms with Gasteiger partial charge in [-0.05, 0) is 31.3 Å². The highest BCUT2D eigenvalue weighted by molar-refractivity contribution is 5.88. The van der Waals surface area contributed by atoms with Gasteiger partial charge in [0.1, 0.15) is 0 Å². The molecule has 3 atom stereocenters. The van der Waals surface area contributed by atoms with Crippen LogP contribution in [-0.2, 0) is 4.79 Å². The Labute approximate surface area is 72.0 Å². The van der Waals surface area contributed by atoms with Crippen LogP contribution in [-0.4, -0.2) is 18.0 Å². The molecular weight excluding hydrogens is 152 g/mol. The van der Waals surface area contributed by atoms with Crippen LogP contribution in [0.5, 0.6) is 0 Å². The molecule has 0 saturated heterocycles. The molecule has 0 bridgehead atoms. The maximum atomic E-state index is 11.0. The number of rotatable bonds is 0. The summed E-state index contributed by atoms with van der Waals surface area (Å²) in [5.74, 6) is 0.526. The number of carbonyl (C=O) groups excluding carboxylic acids is 1. The zero-order valence-electron chi connectivity index (χ0n) is 6.99. The van der Waals surface area contributed by atoms with Gasteiger partial charge in [-0.1, -0.05) is 6.08 Å². The number of carbonyl (C=O) groups is 1. The smallest absolute Gasteiger partial charge is 0.243 e. The molecule has 0 aromatic heterocycles. The second-order valence-corrected chi connectivity index (χ2v) is 3.71. The second-order valence-electron chi connectivity index (χ2n) is 3.71. The highest BCUT2D eigenvalue weighted by atomic mass is 16.1. The molecule has 3 unspecified atom stereocenters. The van der Waals surface area contributed by atoms with Gasteiger partial charge >= 0.3 is 0 Å². The zero-order chi connectivity index (χ0) is 8.55. The van der Waals surface area contributed by atoms with E-state index in [1.807, 2.05) is 6.08 Å². The number of amides is 1. The van der Waals surface area contributed by atoms with E-state index >= 15 is 0 Å². The highest BCUT2D eigenvalue weighted by Crippen LogP contribution is 2.26. The molecule has 0 radical (unpaired) electrons. The second kappa shape index (κ2) is 2.90. The van der Waals surface area contributed by atoms with Crippen LogP contribution in [0.2, 0.25) is 0 Å².